The molecular formula is C13H19NO3. The molecule has 4 heteroatoms. The summed E-state index contributed by atoms with van der Waals surface area (Å²) in [5.74, 6) is 0.900. The lowest BCUT2D eigenvalue weighted by atomic mass is 10.1. The van der Waals surface area contributed by atoms with Crippen LogP contribution in [-0.4, -0.2) is 25.2 Å². The van der Waals surface area contributed by atoms with E-state index >= 15 is 0 Å². The van der Waals surface area contributed by atoms with E-state index in [2.05, 4.69) is 24.9 Å². The summed E-state index contributed by atoms with van der Waals surface area (Å²) >= 11 is 0. The Balaban J connectivity index is 0.000000437. The van der Waals surface area contributed by atoms with Crippen LogP contribution >= 0.6 is 0 Å². The molecule has 1 aliphatic heterocycles. The fraction of sp³-hybridized carbons (Fsp3) is 0.692. The monoisotopic (exact) mass is 237 g/mol. The van der Waals surface area contributed by atoms with E-state index in [1.807, 2.05) is 0 Å². The highest BCUT2D eigenvalue weighted by Gasteiger charge is 2.36. The molecule has 0 bridgehead atoms. The Bertz CT molecular complexity index is 348. The van der Waals surface area contributed by atoms with Crippen molar-refractivity contribution in [3.63, 3.8) is 0 Å². The van der Waals surface area contributed by atoms with Crippen molar-refractivity contribution in [1.82, 2.24) is 0 Å². The van der Waals surface area contributed by atoms with Gasteiger partial charge in [-0.1, -0.05) is 19.9 Å². The van der Waals surface area contributed by atoms with Crippen LogP contribution in [0, 0.1) is 5.41 Å². The molecule has 2 rings (SSSR count). The number of carbonyl (C=O) groups excluding carboxylic acids is 2. The summed E-state index contributed by atoms with van der Waals surface area (Å²) < 4.78 is 5.70. The molecule has 2 aliphatic rings. The van der Waals surface area contributed by atoms with Crippen LogP contribution in [0.3, 0.4) is 0 Å². The number of hydrogen-bond acceptors (Lipinski definition) is 4. The van der Waals surface area contributed by atoms with E-state index in [1.165, 1.54) is 24.8 Å². The number of nitrogens with zero attached hydrogens (tertiary/aromatic N) is 1. The quantitative estimate of drug-likeness (QED) is 0.754. The maximum atomic E-state index is 8.12. The zero-order chi connectivity index (χ0) is 12.7. The van der Waals surface area contributed by atoms with E-state index in [1.54, 1.807) is 0 Å². The lowest BCUT2D eigenvalue weighted by molar-refractivity contribution is -0.191. The molecule has 1 aliphatic carbocycles. The number of ether oxygens (including phenoxy) is 1. The Labute approximate surface area is 102 Å². The number of hydrogen-bond donors (Lipinski definition) is 0. The summed E-state index contributed by atoms with van der Waals surface area (Å²) in [6.45, 7) is 6.14. The zero-order valence-corrected chi connectivity index (χ0v) is 10.5. The minimum absolute atomic E-state index is 0.250. The second-order valence-corrected chi connectivity index (χ2v) is 4.72. The summed E-state index contributed by atoms with van der Waals surface area (Å²) in [5.41, 5.74) is 1.88. The van der Waals surface area contributed by atoms with Crippen molar-refractivity contribution >= 4 is 12.0 Å². The first kappa shape index (κ1) is 13.7. The molecule has 0 spiro atoms. The predicted molar refractivity (Wildman–Crippen MR) is 63.6 cm³/mol. The van der Waals surface area contributed by atoms with Crippen LogP contribution in [0.25, 0.3) is 0 Å². The molecule has 0 atom stereocenters. The molecule has 17 heavy (non-hydrogen) atoms. The summed E-state index contributed by atoms with van der Waals surface area (Å²) in [7, 11) is 0. The van der Waals surface area contributed by atoms with Crippen LogP contribution in [-0.2, 0) is 14.3 Å². The van der Waals surface area contributed by atoms with E-state index in [4.69, 9.17) is 14.3 Å². The highest BCUT2D eigenvalue weighted by molar-refractivity contribution is 5.95. The van der Waals surface area contributed by atoms with Crippen molar-refractivity contribution in [3.05, 3.63) is 11.6 Å². The molecule has 1 heterocycles. The molecule has 0 radical (unpaired) electrons. The summed E-state index contributed by atoms with van der Waals surface area (Å²) in [5, 5.41) is 0. The fourth-order valence-electron chi connectivity index (χ4n) is 1.72. The molecule has 0 aromatic heterocycles. The first-order chi connectivity index (χ1) is 8.15. The normalized spacial score (nSPS) is 19.4. The maximum absolute atomic E-state index is 8.12. The molecular weight excluding hydrogens is 218 g/mol. The van der Waals surface area contributed by atoms with Crippen LogP contribution < -0.4 is 0 Å². The second kappa shape index (κ2) is 6.36. The van der Waals surface area contributed by atoms with Crippen LogP contribution in [0.2, 0.25) is 0 Å². The van der Waals surface area contributed by atoms with Gasteiger partial charge in [0.25, 0.3) is 0 Å². The van der Waals surface area contributed by atoms with Crippen LogP contribution in [0.4, 0.5) is 0 Å². The van der Waals surface area contributed by atoms with Gasteiger partial charge < -0.3 is 4.74 Å². The van der Waals surface area contributed by atoms with Crippen molar-refractivity contribution in [2.45, 2.75) is 39.5 Å². The van der Waals surface area contributed by atoms with Gasteiger partial charge in [-0.05, 0) is 31.1 Å². The zero-order valence-electron chi connectivity index (χ0n) is 10.5. The van der Waals surface area contributed by atoms with Gasteiger partial charge in [-0.2, -0.15) is 9.59 Å². The first-order valence-electron chi connectivity index (χ1n) is 6.01. The SMILES string of the molecule is CCC1=CCN=C1OCCC1(C)CC1.O=C=O. The topological polar surface area (TPSA) is 55.7 Å². The van der Waals surface area contributed by atoms with E-state index in [9.17, 15) is 0 Å². The van der Waals surface area contributed by atoms with Crippen LogP contribution in [0.1, 0.15) is 39.5 Å². The summed E-state index contributed by atoms with van der Waals surface area (Å²) in [6, 6.07) is 0. The number of aliphatic imine (C=N–C) groups is 1. The molecule has 0 amide bonds. The first-order valence-corrected chi connectivity index (χ1v) is 6.01. The largest absolute Gasteiger partial charge is 0.478 e. The Morgan fingerprint density at radius 1 is 1.47 bits per heavy atom. The van der Waals surface area contributed by atoms with Gasteiger partial charge in [0.2, 0.25) is 5.90 Å². The minimum atomic E-state index is 0.250. The van der Waals surface area contributed by atoms with Crippen molar-refractivity contribution in [1.29, 1.82) is 0 Å². The molecule has 94 valence electrons. The Hall–Kier alpha value is -1.41. The number of rotatable bonds is 4. The third-order valence-electron chi connectivity index (χ3n) is 3.28. The molecule has 1 fully saturated rings. The van der Waals surface area contributed by atoms with Gasteiger partial charge in [-0.15, -0.1) is 0 Å². The standard InChI is InChI=1S/C12H19NO.CO2/c1-3-10-4-8-13-11(10)14-9-7-12(2)5-6-12;2-1-3/h4H,3,5-9H2,1-2H3;. The van der Waals surface area contributed by atoms with Gasteiger partial charge in [0.1, 0.15) is 0 Å². The molecule has 0 aromatic rings. The fourth-order valence-corrected chi connectivity index (χ4v) is 1.72. The molecule has 0 unspecified atom stereocenters. The average molecular weight is 237 g/mol. The van der Waals surface area contributed by atoms with Gasteiger partial charge in [0, 0.05) is 5.57 Å². The Kier molecular flexibility index (Phi) is 5.11. The van der Waals surface area contributed by atoms with E-state index < -0.39 is 0 Å². The maximum Gasteiger partial charge on any atom is 0.373 e. The van der Waals surface area contributed by atoms with Crippen molar-refractivity contribution in [3.8, 4) is 0 Å². The highest BCUT2D eigenvalue weighted by Crippen LogP contribution is 2.47. The van der Waals surface area contributed by atoms with Gasteiger partial charge in [0.15, 0.2) is 0 Å². The second-order valence-electron chi connectivity index (χ2n) is 4.72. The molecule has 1 saturated carbocycles. The third-order valence-corrected chi connectivity index (χ3v) is 3.28. The Morgan fingerprint density at radius 2 is 2.12 bits per heavy atom. The van der Waals surface area contributed by atoms with Gasteiger partial charge in [0.05, 0.1) is 13.2 Å². The Morgan fingerprint density at radius 3 is 2.65 bits per heavy atom. The van der Waals surface area contributed by atoms with Crippen molar-refractivity contribution in [2.75, 3.05) is 13.2 Å². The molecule has 4 nitrogen and oxygen atoms in total. The highest BCUT2D eigenvalue weighted by atomic mass is 16.5. The van der Waals surface area contributed by atoms with E-state index in [-0.39, 0.29) is 6.15 Å². The predicted octanol–water partition coefficient (Wildman–Crippen LogP) is 2.36. The van der Waals surface area contributed by atoms with Crippen molar-refractivity contribution in [2.24, 2.45) is 10.4 Å². The lowest BCUT2D eigenvalue weighted by Crippen LogP contribution is -2.09. The molecule has 0 aromatic carbocycles. The average Bonchev–Trinajstić information content (AvgIpc) is 2.87. The summed E-state index contributed by atoms with van der Waals surface area (Å²) in [4.78, 5) is 20.6. The van der Waals surface area contributed by atoms with Crippen molar-refractivity contribution < 1.29 is 14.3 Å². The smallest absolute Gasteiger partial charge is 0.373 e. The van der Waals surface area contributed by atoms with Gasteiger partial charge in [-0.25, -0.2) is 4.99 Å². The van der Waals surface area contributed by atoms with Gasteiger partial charge >= 0.3 is 6.15 Å². The van der Waals surface area contributed by atoms with Crippen LogP contribution in [0.15, 0.2) is 16.6 Å². The van der Waals surface area contributed by atoms with Gasteiger partial charge in [-0.3, -0.25) is 0 Å². The summed E-state index contributed by atoms with van der Waals surface area (Å²) in [6.07, 6.45) is 7.38. The van der Waals surface area contributed by atoms with Crippen LogP contribution in [0.5, 0.6) is 0 Å². The lowest BCUT2D eigenvalue weighted by Gasteiger charge is -2.11. The van der Waals surface area contributed by atoms with E-state index in [0.717, 1.165) is 25.5 Å². The molecule has 0 N–H and O–H groups in total. The molecule has 0 saturated heterocycles. The third kappa shape index (κ3) is 4.53. The minimum Gasteiger partial charge on any atom is -0.478 e. The van der Waals surface area contributed by atoms with E-state index in [0.29, 0.717) is 5.41 Å².